The van der Waals surface area contributed by atoms with Crippen LogP contribution in [0.5, 0.6) is 17.2 Å². The van der Waals surface area contributed by atoms with Gasteiger partial charge in [-0.05, 0) is 48.0 Å². The minimum Gasteiger partial charge on any atom is -0.508 e. The van der Waals surface area contributed by atoms with Gasteiger partial charge in [0.15, 0.2) is 17.3 Å². The fraction of sp³-hybridized carbons (Fsp3) is 0. The van der Waals surface area contributed by atoms with Crippen molar-refractivity contribution in [1.82, 2.24) is 0 Å². The fourth-order valence-corrected chi connectivity index (χ4v) is 3.30. The Kier molecular flexibility index (Phi) is 5.47. The number of aromatic hydroxyl groups is 2. The third-order valence-corrected chi connectivity index (χ3v) is 5.04. The molecular formula is C21H16O6S. The van der Waals surface area contributed by atoms with Crippen LogP contribution in [0.2, 0.25) is 0 Å². The van der Waals surface area contributed by atoms with Crippen molar-refractivity contribution in [2.45, 2.75) is 4.90 Å². The zero-order valence-electron chi connectivity index (χ0n) is 14.5. The highest BCUT2D eigenvalue weighted by Crippen LogP contribution is 2.30. The first kappa shape index (κ1) is 19.2. The normalized spacial score (nSPS) is 11.4. The number of rotatable bonds is 6. The van der Waals surface area contributed by atoms with Crippen molar-refractivity contribution in [1.29, 1.82) is 0 Å². The van der Waals surface area contributed by atoms with E-state index in [9.17, 15) is 23.4 Å². The summed E-state index contributed by atoms with van der Waals surface area (Å²) in [7, 11) is -4.17. The van der Waals surface area contributed by atoms with E-state index in [1.54, 1.807) is 24.3 Å². The van der Waals surface area contributed by atoms with Gasteiger partial charge < -0.3 is 14.4 Å². The second-order valence-corrected chi connectivity index (χ2v) is 7.37. The van der Waals surface area contributed by atoms with Gasteiger partial charge in [-0.25, -0.2) is 0 Å². The molecule has 0 bridgehead atoms. The Bertz CT molecular complexity index is 1120. The summed E-state index contributed by atoms with van der Waals surface area (Å²) in [6.07, 6.45) is 2.87. The van der Waals surface area contributed by atoms with E-state index in [1.165, 1.54) is 54.6 Å². The molecule has 0 saturated heterocycles. The standard InChI is InChI=1S/C21H16O6S/c22-17-8-10-18(11-9-17)28(25,26)27-21-13-7-15(14-20(21)24)6-12-19(23)16-4-2-1-3-5-16/h1-14,22,24H. The molecule has 0 spiro atoms. The molecule has 3 rings (SSSR count). The van der Waals surface area contributed by atoms with Crippen LogP contribution >= 0.6 is 0 Å². The molecule has 0 aliphatic rings. The quantitative estimate of drug-likeness (QED) is 0.374. The Hall–Kier alpha value is -3.58. The monoisotopic (exact) mass is 396 g/mol. The highest BCUT2D eigenvalue weighted by molar-refractivity contribution is 7.87. The third-order valence-electron chi connectivity index (χ3n) is 3.79. The molecule has 0 fully saturated rings. The number of hydrogen-bond acceptors (Lipinski definition) is 6. The molecule has 142 valence electrons. The van der Waals surface area contributed by atoms with E-state index in [1.807, 2.05) is 6.07 Å². The molecule has 0 atom stereocenters. The van der Waals surface area contributed by atoms with E-state index in [0.717, 1.165) is 0 Å². The average Bonchev–Trinajstić information content (AvgIpc) is 2.69. The molecular weight excluding hydrogens is 380 g/mol. The number of allylic oxidation sites excluding steroid dienone is 1. The van der Waals surface area contributed by atoms with Crippen LogP contribution < -0.4 is 4.18 Å². The van der Waals surface area contributed by atoms with Crippen molar-refractivity contribution in [3.8, 4) is 17.2 Å². The molecule has 2 N–H and O–H groups in total. The second-order valence-electron chi connectivity index (χ2n) is 5.82. The minimum absolute atomic E-state index is 0.0806. The van der Waals surface area contributed by atoms with Gasteiger partial charge in [0.25, 0.3) is 0 Å². The van der Waals surface area contributed by atoms with Crippen LogP contribution in [0.15, 0.2) is 83.8 Å². The summed E-state index contributed by atoms with van der Waals surface area (Å²) in [6.45, 7) is 0. The van der Waals surface area contributed by atoms with Crippen LogP contribution in [0.25, 0.3) is 6.08 Å². The van der Waals surface area contributed by atoms with E-state index >= 15 is 0 Å². The molecule has 0 amide bonds. The van der Waals surface area contributed by atoms with Crippen LogP contribution in [0.1, 0.15) is 15.9 Å². The number of carbonyl (C=O) groups excluding carboxylic acids is 1. The van der Waals surface area contributed by atoms with Gasteiger partial charge >= 0.3 is 10.1 Å². The fourth-order valence-electron chi connectivity index (χ4n) is 2.36. The van der Waals surface area contributed by atoms with Gasteiger partial charge in [0.05, 0.1) is 0 Å². The van der Waals surface area contributed by atoms with Crippen molar-refractivity contribution < 1.29 is 27.6 Å². The van der Waals surface area contributed by atoms with Gasteiger partial charge in [-0.2, -0.15) is 8.42 Å². The maximum atomic E-state index is 12.2. The van der Waals surface area contributed by atoms with Crippen LogP contribution in [-0.4, -0.2) is 24.4 Å². The Labute approximate surface area is 162 Å². The average molecular weight is 396 g/mol. The van der Waals surface area contributed by atoms with E-state index in [4.69, 9.17) is 4.18 Å². The summed E-state index contributed by atoms with van der Waals surface area (Å²) < 4.78 is 29.5. The summed E-state index contributed by atoms with van der Waals surface area (Å²) in [4.78, 5) is 11.9. The Morgan fingerprint density at radius 3 is 2.21 bits per heavy atom. The second kappa shape index (κ2) is 7.98. The third kappa shape index (κ3) is 4.57. The number of phenolic OH excluding ortho intramolecular Hbond substituents is 2. The first-order chi connectivity index (χ1) is 13.3. The van der Waals surface area contributed by atoms with Crippen LogP contribution in [-0.2, 0) is 10.1 Å². The van der Waals surface area contributed by atoms with Crippen molar-refractivity contribution >= 4 is 22.0 Å². The van der Waals surface area contributed by atoms with Gasteiger partial charge in [-0.1, -0.05) is 42.5 Å². The van der Waals surface area contributed by atoms with E-state index < -0.39 is 15.9 Å². The molecule has 6 nitrogen and oxygen atoms in total. The Morgan fingerprint density at radius 2 is 1.57 bits per heavy atom. The van der Waals surface area contributed by atoms with Crippen molar-refractivity contribution in [2.75, 3.05) is 0 Å². The van der Waals surface area contributed by atoms with Gasteiger partial charge in [0.1, 0.15) is 10.6 Å². The maximum absolute atomic E-state index is 12.2. The lowest BCUT2D eigenvalue weighted by Gasteiger charge is -2.09. The number of ketones is 1. The minimum atomic E-state index is -4.17. The number of phenols is 2. The molecule has 0 aliphatic heterocycles. The predicted molar refractivity (Wildman–Crippen MR) is 104 cm³/mol. The summed E-state index contributed by atoms with van der Waals surface area (Å²) in [5.41, 5.74) is 1.03. The van der Waals surface area contributed by atoms with Crippen molar-refractivity contribution in [2.24, 2.45) is 0 Å². The number of carbonyl (C=O) groups is 1. The van der Waals surface area contributed by atoms with E-state index in [0.29, 0.717) is 11.1 Å². The predicted octanol–water partition coefficient (Wildman–Crippen LogP) is 3.76. The number of hydrogen-bond donors (Lipinski definition) is 2. The molecule has 0 radical (unpaired) electrons. The van der Waals surface area contributed by atoms with Gasteiger partial charge in [-0.15, -0.1) is 0 Å². The Balaban J connectivity index is 1.76. The molecule has 3 aromatic rings. The molecule has 0 heterocycles. The first-order valence-corrected chi connectivity index (χ1v) is 9.60. The maximum Gasteiger partial charge on any atom is 0.339 e. The van der Waals surface area contributed by atoms with E-state index in [-0.39, 0.29) is 22.2 Å². The molecule has 0 saturated carbocycles. The molecule has 0 aromatic heterocycles. The SMILES string of the molecule is O=C(C=Cc1ccc(OS(=O)(=O)c2ccc(O)cc2)c(O)c1)c1ccccc1. The molecule has 28 heavy (non-hydrogen) atoms. The largest absolute Gasteiger partial charge is 0.508 e. The molecule has 7 heteroatoms. The zero-order chi connectivity index (χ0) is 20.1. The highest BCUT2D eigenvalue weighted by atomic mass is 32.2. The van der Waals surface area contributed by atoms with Gasteiger partial charge in [-0.3, -0.25) is 4.79 Å². The van der Waals surface area contributed by atoms with Crippen LogP contribution in [0.3, 0.4) is 0 Å². The lowest BCUT2D eigenvalue weighted by Crippen LogP contribution is -2.09. The summed E-state index contributed by atoms with van der Waals surface area (Å²) in [5, 5.41) is 19.3. The lowest BCUT2D eigenvalue weighted by molar-refractivity contribution is 0.104. The smallest absolute Gasteiger partial charge is 0.339 e. The van der Waals surface area contributed by atoms with Crippen molar-refractivity contribution in [3.63, 3.8) is 0 Å². The summed E-state index contributed by atoms with van der Waals surface area (Å²) in [5.74, 6) is -0.922. The van der Waals surface area contributed by atoms with Gasteiger partial charge in [0, 0.05) is 5.56 Å². The zero-order valence-corrected chi connectivity index (χ0v) is 15.3. The Morgan fingerprint density at radius 1 is 0.893 bits per heavy atom. The van der Waals surface area contributed by atoms with Crippen LogP contribution in [0, 0.1) is 0 Å². The van der Waals surface area contributed by atoms with Crippen LogP contribution in [0.4, 0.5) is 0 Å². The van der Waals surface area contributed by atoms with Gasteiger partial charge in [0.2, 0.25) is 0 Å². The summed E-state index contributed by atoms with van der Waals surface area (Å²) >= 11 is 0. The molecule has 0 aliphatic carbocycles. The molecule has 0 unspecified atom stereocenters. The van der Waals surface area contributed by atoms with Crippen molar-refractivity contribution in [3.05, 3.63) is 90.0 Å². The first-order valence-electron chi connectivity index (χ1n) is 8.19. The lowest BCUT2D eigenvalue weighted by atomic mass is 10.1. The topological polar surface area (TPSA) is 101 Å². The summed E-state index contributed by atoms with van der Waals surface area (Å²) in [6, 6.07) is 17.6. The number of benzene rings is 3. The highest BCUT2D eigenvalue weighted by Gasteiger charge is 2.18. The van der Waals surface area contributed by atoms with E-state index in [2.05, 4.69) is 0 Å². The molecule has 3 aromatic carbocycles.